The molecule has 0 spiro atoms. The van der Waals surface area contributed by atoms with Crippen LogP contribution in [-0.4, -0.2) is 12.7 Å². The van der Waals surface area contributed by atoms with Crippen LogP contribution in [-0.2, 0) is 0 Å². The van der Waals surface area contributed by atoms with Crippen molar-refractivity contribution in [2.45, 2.75) is 38.3 Å². The van der Waals surface area contributed by atoms with Gasteiger partial charge in [0.2, 0.25) is 0 Å². The van der Waals surface area contributed by atoms with Crippen LogP contribution in [0.25, 0.3) is 0 Å². The second kappa shape index (κ2) is 6.06. The summed E-state index contributed by atoms with van der Waals surface area (Å²) in [6.45, 7) is -2.85. The Hall–Kier alpha value is -0.550. The van der Waals surface area contributed by atoms with Gasteiger partial charge in [0.25, 0.3) is 0 Å². The maximum absolute atomic E-state index is 12.4. The molecule has 0 heterocycles. The third kappa shape index (κ3) is 3.48. The smallest absolute Gasteiger partial charge is 0.387 e. The molecule has 1 aromatic carbocycles. The molecule has 1 aromatic rings. The number of benzene rings is 1. The van der Waals surface area contributed by atoms with E-state index >= 15 is 0 Å². The molecule has 0 radical (unpaired) electrons. The minimum atomic E-state index is -2.85. The molecule has 0 aliphatic heterocycles. The van der Waals surface area contributed by atoms with Gasteiger partial charge in [-0.05, 0) is 40.9 Å². The summed E-state index contributed by atoms with van der Waals surface area (Å²) in [5.41, 5.74) is 0.515. The quantitative estimate of drug-likeness (QED) is 0.827. The van der Waals surface area contributed by atoms with E-state index < -0.39 is 6.61 Å². The molecule has 1 saturated carbocycles. The van der Waals surface area contributed by atoms with Gasteiger partial charge in [0, 0.05) is 11.1 Å². The van der Waals surface area contributed by atoms with Crippen molar-refractivity contribution in [1.82, 2.24) is 0 Å². The summed E-state index contributed by atoms with van der Waals surface area (Å²) in [6, 6.07) is 3.46. The molecule has 0 atom stereocenters. The van der Waals surface area contributed by atoms with Gasteiger partial charge in [-0.3, -0.25) is 0 Å². The van der Waals surface area contributed by atoms with Crippen molar-refractivity contribution in [3.8, 4) is 5.75 Å². The molecular formula is C12H13BrClF2NO. The second-order valence-electron chi connectivity index (χ2n) is 4.27. The molecule has 18 heavy (non-hydrogen) atoms. The molecule has 0 unspecified atom stereocenters. The number of anilines is 1. The highest BCUT2D eigenvalue weighted by Gasteiger charge is 2.20. The largest absolute Gasteiger partial charge is 0.431 e. The Kier molecular flexibility index (Phi) is 4.67. The van der Waals surface area contributed by atoms with Gasteiger partial charge in [0.1, 0.15) is 0 Å². The average molecular weight is 341 g/mol. The van der Waals surface area contributed by atoms with Crippen molar-refractivity contribution in [2.24, 2.45) is 0 Å². The first-order valence-electron chi connectivity index (χ1n) is 5.76. The lowest BCUT2D eigenvalue weighted by molar-refractivity contribution is -0.0498. The number of ether oxygens (including phenoxy) is 1. The van der Waals surface area contributed by atoms with E-state index in [4.69, 9.17) is 11.6 Å². The lowest BCUT2D eigenvalue weighted by atomic mass is 10.2. The Morgan fingerprint density at radius 1 is 1.33 bits per heavy atom. The lowest BCUT2D eigenvalue weighted by Gasteiger charge is -2.18. The van der Waals surface area contributed by atoms with E-state index in [0.29, 0.717) is 21.2 Å². The fourth-order valence-corrected chi connectivity index (χ4v) is 3.07. The van der Waals surface area contributed by atoms with E-state index in [2.05, 4.69) is 26.0 Å². The van der Waals surface area contributed by atoms with Gasteiger partial charge in [0.15, 0.2) is 5.75 Å². The molecule has 100 valence electrons. The van der Waals surface area contributed by atoms with Crippen LogP contribution < -0.4 is 10.1 Å². The zero-order chi connectivity index (χ0) is 13.1. The molecule has 0 bridgehead atoms. The zero-order valence-corrected chi connectivity index (χ0v) is 11.9. The van der Waals surface area contributed by atoms with Gasteiger partial charge in [-0.1, -0.05) is 24.4 Å². The van der Waals surface area contributed by atoms with Crippen LogP contribution in [0.2, 0.25) is 5.02 Å². The number of nitrogens with one attached hydrogen (secondary N) is 1. The molecule has 0 saturated heterocycles. The van der Waals surface area contributed by atoms with Crippen LogP contribution in [0.1, 0.15) is 25.7 Å². The number of alkyl halides is 2. The topological polar surface area (TPSA) is 21.3 Å². The molecule has 1 aliphatic rings. The number of halogens is 4. The first-order valence-corrected chi connectivity index (χ1v) is 6.94. The van der Waals surface area contributed by atoms with Gasteiger partial charge in [-0.2, -0.15) is 8.78 Å². The van der Waals surface area contributed by atoms with Crippen LogP contribution >= 0.6 is 27.5 Å². The molecule has 1 aliphatic carbocycles. The summed E-state index contributed by atoms with van der Waals surface area (Å²) in [5.74, 6) is 0.112. The maximum atomic E-state index is 12.4. The summed E-state index contributed by atoms with van der Waals surface area (Å²) < 4.78 is 29.7. The normalized spacial score (nSPS) is 16.3. The number of hydrogen-bond acceptors (Lipinski definition) is 2. The fourth-order valence-electron chi connectivity index (χ4n) is 2.17. The molecule has 0 aromatic heterocycles. The maximum Gasteiger partial charge on any atom is 0.387 e. The Bertz CT molecular complexity index is 425. The van der Waals surface area contributed by atoms with Gasteiger partial charge in [0.05, 0.1) is 10.2 Å². The second-order valence-corrected chi connectivity index (χ2v) is 5.56. The van der Waals surface area contributed by atoms with Crippen molar-refractivity contribution >= 4 is 33.2 Å². The van der Waals surface area contributed by atoms with E-state index in [-0.39, 0.29) is 5.75 Å². The van der Waals surface area contributed by atoms with E-state index in [0.717, 1.165) is 25.7 Å². The highest BCUT2D eigenvalue weighted by molar-refractivity contribution is 9.10. The molecule has 1 fully saturated rings. The van der Waals surface area contributed by atoms with Crippen LogP contribution in [0.5, 0.6) is 5.75 Å². The molecule has 6 heteroatoms. The predicted octanol–water partition coefficient (Wildman–Crippen LogP) is 5.06. The summed E-state index contributed by atoms with van der Waals surface area (Å²) in [4.78, 5) is 0. The van der Waals surface area contributed by atoms with Crippen molar-refractivity contribution in [1.29, 1.82) is 0 Å². The zero-order valence-electron chi connectivity index (χ0n) is 9.56. The van der Waals surface area contributed by atoms with Gasteiger partial charge < -0.3 is 10.1 Å². The van der Waals surface area contributed by atoms with Gasteiger partial charge >= 0.3 is 6.61 Å². The third-order valence-corrected chi connectivity index (χ3v) is 3.74. The van der Waals surface area contributed by atoms with E-state index in [9.17, 15) is 8.78 Å². The SMILES string of the molecule is FC(F)Oc1c(Br)cc(Cl)cc1NC1CCCC1. The Morgan fingerprint density at radius 3 is 2.61 bits per heavy atom. The minimum absolute atomic E-state index is 0.112. The van der Waals surface area contributed by atoms with Crippen LogP contribution in [0.15, 0.2) is 16.6 Å². The van der Waals surface area contributed by atoms with E-state index in [1.807, 2.05) is 0 Å². The summed E-state index contributed by atoms with van der Waals surface area (Å²) in [6.07, 6.45) is 4.39. The number of rotatable bonds is 4. The first-order chi connectivity index (χ1) is 8.56. The lowest BCUT2D eigenvalue weighted by Crippen LogP contribution is -2.16. The van der Waals surface area contributed by atoms with Gasteiger partial charge in [-0.25, -0.2) is 0 Å². The van der Waals surface area contributed by atoms with Crippen LogP contribution in [0, 0.1) is 0 Å². The third-order valence-electron chi connectivity index (χ3n) is 2.93. The van der Waals surface area contributed by atoms with Gasteiger partial charge in [-0.15, -0.1) is 0 Å². The Labute approximate surface area is 118 Å². The van der Waals surface area contributed by atoms with Crippen LogP contribution in [0.3, 0.4) is 0 Å². The summed E-state index contributed by atoms with van der Waals surface area (Å²) >= 11 is 9.12. The first kappa shape index (κ1) is 13.9. The predicted molar refractivity (Wildman–Crippen MR) is 71.7 cm³/mol. The number of hydrogen-bond donors (Lipinski definition) is 1. The monoisotopic (exact) mass is 339 g/mol. The molecule has 0 amide bonds. The van der Waals surface area contributed by atoms with E-state index in [1.165, 1.54) is 0 Å². The summed E-state index contributed by atoms with van der Waals surface area (Å²) in [5, 5.41) is 3.70. The Morgan fingerprint density at radius 2 is 2.00 bits per heavy atom. The molecular weight excluding hydrogens is 327 g/mol. The highest BCUT2D eigenvalue weighted by atomic mass is 79.9. The average Bonchev–Trinajstić information content (AvgIpc) is 2.75. The van der Waals surface area contributed by atoms with Crippen molar-refractivity contribution in [3.05, 3.63) is 21.6 Å². The molecule has 2 rings (SSSR count). The summed E-state index contributed by atoms with van der Waals surface area (Å²) in [7, 11) is 0. The van der Waals surface area contributed by atoms with Crippen molar-refractivity contribution in [2.75, 3.05) is 5.32 Å². The fraction of sp³-hybridized carbons (Fsp3) is 0.500. The highest BCUT2D eigenvalue weighted by Crippen LogP contribution is 2.39. The molecule has 2 nitrogen and oxygen atoms in total. The standard InChI is InChI=1S/C12H13BrClF2NO/c13-9-5-7(14)6-10(11(9)18-12(15)16)17-8-3-1-2-4-8/h5-6,8,12,17H,1-4H2. The minimum Gasteiger partial charge on any atom is -0.431 e. The van der Waals surface area contributed by atoms with Crippen molar-refractivity contribution < 1.29 is 13.5 Å². The Balaban J connectivity index is 2.24. The molecule has 1 N–H and O–H groups in total. The van der Waals surface area contributed by atoms with Crippen LogP contribution in [0.4, 0.5) is 14.5 Å². The van der Waals surface area contributed by atoms with E-state index in [1.54, 1.807) is 12.1 Å². The van der Waals surface area contributed by atoms with Crippen molar-refractivity contribution in [3.63, 3.8) is 0 Å².